The highest BCUT2D eigenvalue weighted by molar-refractivity contribution is 5.84. The Balaban J connectivity index is 1.54. The normalized spacial score (nSPS) is 22.0. The molecule has 0 aromatic carbocycles. The first kappa shape index (κ1) is 14.6. The minimum absolute atomic E-state index is 0.0482. The standard InChI is InChI=1S/C16H24N2O3/c1-12-13(10-15(21-12)16(19)20)11-17-6-8-18(9-7-17)14-4-2-3-5-14/h10,14H,2-9,11H2,1H3,(H,19,20). The average molecular weight is 292 g/mol. The van der Waals surface area contributed by atoms with Gasteiger partial charge in [-0.1, -0.05) is 12.8 Å². The first-order valence-corrected chi connectivity index (χ1v) is 7.92. The molecule has 0 radical (unpaired) electrons. The summed E-state index contributed by atoms with van der Waals surface area (Å²) in [5.41, 5.74) is 1.00. The van der Waals surface area contributed by atoms with E-state index in [4.69, 9.17) is 9.52 Å². The summed E-state index contributed by atoms with van der Waals surface area (Å²) in [6, 6.07) is 2.47. The van der Waals surface area contributed by atoms with Crippen molar-refractivity contribution in [2.45, 2.75) is 45.2 Å². The van der Waals surface area contributed by atoms with Crippen LogP contribution in [0.15, 0.2) is 10.5 Å². The molecule has 2 heterocycles. The van der Waals surface area contributed by atoms with Gasteiger partial charge in [0.25, 0.3) is 0 Å². The molecular formula is C16H24N2O3. The molecule has 21 heavy (non-hydrogen) atoms. The van der Waals surface area contributed by atoms with E-state index in [1.807, 2.05) is 6.92 Å². The van der Waals surface area contributed by atoms with Gasteiger partial charge in [-0.25, -0.2) is 4.79 Å². The van der Waals surface area contributed by atoms with Crippen LogP contribution in [0.2, 0.25) is 0 Å². The Kier molecular flexibility index (Phi) is 4.31. The van der Waals surface area contributed by atoms with E-state index in [1.54, 1.807) is 6.07 Å². The molecule has 1 aromatic rings. The molecule has 1 saturated carbocycles. The SMILES string of the molecule is Cc1oc(C(=O)O)cc1CN1CCN(C2CCCC2)CC1. The third-order valence-electron chi connectivity index (χ3n) is 4.87. The number of hydrogen-bond donors (Lipinski definition) is 1. The number of hydrogen-bond acceptors (Lipinski definition) is 4. The van der Waals surface area contributed by atoms with Gasteiger partial charge in [-0.05, 0) is 25.8 Å². The smallest absolute Gasteiger partial charge is 0.371 e. The molecule has 0 unspecified atom stereocenters. The average Bonchev–Trinajstić information content (AvgIpc) is 3.10. The van der Waals surface area contributed by atoms with Crippen LogP contribution in [0.3, 0.4) is 0 Å². The van der Waals surface area contributed by atoms with Crippen molar-refractivity contribution in [3.8, 4) is 0 Å². The number of carboxylic acid groups (broad SMARTS) is 1. The summed E-state index contributed by atoms with van der Waals surface area (Å²) >= 11 is 0. The Bertz CT molecular complexity index is 498. The van der Waals surface area contributed by atoms with E-state index in [0.29, 0.717) is 0 Å². The quantitative estimate of drug-likeness (QED) is 0.923. The number of aryl methyl sites for hydroxylation is 1. The highest BCUT2D eigenvalue weighted by Crippen LogP contribution is 2.25. The van der Waals surface area contributed by atoms with Gasteiger partial charge in [0.2, 0.25) is 5.76 Å². The maximum Gasteiger partial charge on any atom is 0.371 e. The van der Waals surface area contributed by atoms with Gasteiger partial charge in [0.1, 0.15) is 5.76 Å². The van der Waals surface area contributed by atoms with E-state index in [0.717, 1.165) is 50.1 Å². The van der Waals surface area contributed by atoms with Crippen molar-refractivity contribution in [2.24, 2.45) is 0 Å². The Labute approximate surface area is 125 Å². The first-order valence-electron chi connectivity index (χ1n) is 7.92. The van der Waals surface area contributed by atoms with E-state index in [-0.39, 0.29) is 5.76 Å². The molecule has 2 fully saturated rings. The molecule has 5 heteroatoms. The summed E-state index contributed by atoms with van der Waals surface area (Å²) in [6.07, 6.45) is 5.50. The molecule has 3 rings (SSSR count). The molecule has 0 spiro atoms. The van der Waals surface area contributed by atoms with Crippen molar-refractivity contribution in [3.05, 3.63) is 23.2 Å². The number of carboxylic acids is 1. The summed E-state index contributed by atoms with van der Waals surface area (Å²) in [6.45, 7) is 7.02. The van der Waals surface area contributed by atoms with Gasteiger partial charge < -0.3 is 9.52 Å². The summed E-state index contributed by atoms with van der Waals surface area (Å²) in [5.74, 6) is -0.215. The molecule has 1 aliphatic carbocycles. The fraction of sp³-hybridized carbons (Fsp3) is 0.688. The number of carbonyl (C=O) groups is 1. The number of rotatable bonds is 4. The van der Waals surface area contributed by atoms with Crippen molar-refractivity contribution in [2.75, 3.05) is 26.2 Å². The van der Waals surface area contributed by atoms with Crippen molar-refractivity contribution in [1.29, 1.82) is 0 Å². The van der Waals surface area contributed by atoms with Gasteiger partial charge >= 0.3 is 5.97 Å². The van der Waals surface area contributed by atoms with Crippen LogP contribution in [0.25, 0.3) is 0 Å². The Hall–Kier alpha value is -1.33. The number of aromatic carboxylic acids is 1. The van der Waals surface area contributed by atoms with Gasteiger partial charge in [-0.15, -0.1) is 0 Å². The molecule has 5 nitrogen and oxygen atoms in total. The molecule has 1 aliphatic heterocycles. The van der Waals surface area contributed by atoms with Gasteiger partial charge in [-0.3, -0.25) is 9.80 Å². The van der Waals surface area contributed by atoms with Crippen molar-refractivity contribution in [1.82, 2.24) is 9.80 Å². The van der Waals surface area contributed by atoms with Crippen molar-refractivity contribution >= 4 is 5.97 Å². The zero-order valence-corrected chi connectivity index (χ0v) is 12.7. The monoisotopic (exact) mass is 292 g/mol. The van der Waals surface area contributed by atoms with Gasteiger partial charge in [0.05, 0.1) is 0 Å². The van der Waals surface area contributed by atoms with E-state index in [1.165, 1.54) is 25.7 Å². The lowest BCUT2D eigenvalue weighted by Gasteiger charge is -2.38. The lowest BCUT2D eigenvalue weighted by Crippen LogP contribution is -2.49. The van der Waals surface area contributed by atoms with Gasteiger partial charge in [-0.2, -0.15) is 0 Å². The van der Waals surface area contributed by atoms with Crippen LogP contribution in [0.4, 0.5) is 0 Å². The molecule has 1 N–H and O–H groups in total. The summed E-state index contributed by atoms with van der Waals surface area (Å²) < 4.78 is 5.28. The second kappa shape index (κ2) is 6.20. The van der Waals surface area contributed by atoms with Crippen LogP contribution in [0.1, 0.15) is 47.6 Å². The third-order valence-corrected chi connectivity index (χ3v) is 4.87. The minimum atomic E-state index is -0.990. The van der Waals surface area contributed by atoms with E-state index >= 15 is 0 Å². The van der Waals surface area contributed by atoms with E-state index in [9.17, 15) is 4.79 Å². The van der Waals surface area contributed by atoms with Gasteiger partial charge in [0.15, 0.2) is 0 Å². The predicted octanol–water partition coefficient (Wildman–Crippen LogP) is 2.35. The van der Waals surface area contributed by atoms with Crippen LogP contribution in [0.5, 0.6) is 0 Å². The summed E-state index contributed by atoms with van der Waals surface area (Å²) in [7, 11) is 0. The lowest BCUT2D eigenvalue weighted by atomic mass is 10.1. The van der Waals surface area contributed by atoms with Crippen LogP contribution < -0.4 is 0 Å². The van der Waals surface area contributed by atoms with E-state index < -0.39 is 5.97 Å². The van der Waals surface area contributed by atoms with E-state index in [2.05, 4.69) is 9.80 Å². The second-order valence-electron chi connectivity index (χ2n) is 6.25. The molecule has 2 aliphatic rings. The van der Waals surface area contributed by atoms with Crippen LogP contribution in [-0.2, 0) is 6.54 Å². The molecule has 0 atom stereocenters. The Morgan fingerprint density at radius 3 is 2.52 bits per heavy atom. The molecule has 1 aromatic heterocycles. The molecule has 0 bridgehead atoms. The first-order chi connectivity index (χ1) is 10.1. The Morgan fingerprint density at radius 2 is 1.95 bits per heavy atom. The maximum atomic E-state index is 10.9. The van der Waals surface area contributed by atoms with Gasteiger partial charge in [0, 0.05) is 44.3 Å². The third kappa shape index (κ3) is 3.30. The fourth-order valence-corrected chi connectivity index (χ4v) is 3.58. The predicted molar refractivity (Wildman–Crippen MR) is 79.5 cm³/mol. The van der Waals surface area contributed by atoms with Crippen LogP contribution in [-0.4, -0.2) is 53.1 Å². The fourth-order valence-electron chi connectivity index (χ4n) is 3.58. The summed E-state index contributed by atoms with van der Waals surface area (Å²) in [5, 5.41) is 8.97. The largest absolute Gasteiger partial charge is 0.475 e. The summed E-state index contributed by atoms with van der Waals surface area (Å²) in [4.78, 5) is 16.0. The van der Waals surface area contributed by atoms with Crippen LogP contribution in [0, 0.1) is 6.92 Å². The topological polar surface area (TPSA) is 56.9 Å². The molecule has 116 valence electrons. The van der Waals surface area contributed by atoms with Crippen LogP contribution >= 0.6 is 0 Å². The van der Waals surface area contributed by atoms with Crippen molar-refractivity contribution in [3.63, 3.8) is 0 Å². The Morgan fingerprint density at radius 1 is 1.29 bits per heavy atom. The minimum Gasteiger partial charge on any atom is -0.475 e. The zero-order chi connectivity index (χ0) is 14.8. The number of furan rings is 1. The zero-order valence-electron chi connectivity index (χ0n) is 12.7. The highest BCUT2D eigenvalue weighted by Gasteiger charge is 2.26. The highest BCUT2D eigenvalue weighted by atomic mass is 16.4. The second-order valence-corrected chi connectivity index (χ2v) is 6.25. The lowest BCUT2D eigenvalue weighted by molar-refractivity contribution is 0.0661. The van der Waals surface area contributed by atoms with Crippen molar-refractivity contribution < 1.29 is 14.3 Å². The molecule has 1 saturated heterocycles. The molecule has 0 amide bonds. The number of nitrogens with zero attached hydrogens (tertiary/aromatic N) is 2. The molecular weight excluding hydrogens is 268 g/mol. The number of piperazine rings is 1. The maximum absolute atomic E-state index is 10.9.